The van der Waals surface area contributed by atoms with E-state index >= 15 is 0 Å². The van der Waals surface area contributed by atoms with Gasteiger partial charge < -0.3 is 13.7 Å². The van der Waals surface area contributed by atoms with E-state index in [4.69, 9.17) is 9.47 Å². The van der Waals surface area contributed by atoms with Crippen molar-refractivity contribution in [3.8, 4) is 0 Å². The molecule has 1 heterocycles. The fourth-order valence-corrected chi connectivity index (χ4v) is 2.49. The number of allylic oxidation sites excluding steroid dienone is 1. The highest BCUT2D eigenvalue weighted by Gasteiger charge is 2.51. The van der Waals surface area contributed by atoms with Gasteiger partial charge in [-0.1, -0.05) is 30.3 Å². The van der Waals surface area contributed by atoms with E-state index in [0.29, 0.717) is 0 Å². The zero-order valence-corrected chi connectivity index (χ0v) is 13.0. The third-order valence-corrected chi connectivity index (χ3v) is 4.10. The van der Waals surface area contributed by atoms with Gasteiger partial charge in [0.05, 0.1) is 13.2 Å². The van der Waals surface area contributed by atoms with Crippen LogP contribution in [-0.4, -0.2) is 32.9 Å². The zero-order valence-electron chi connectivity index (χ0n) is 12.2. The first kappa shape index (κ1) is 17.8. The van der Waals surface area contributed by atoms with Crippen LogP contribution in [-0.2, 0) is 30.2 Å². The molecule has 0 aromatic heterocycles. The van der Waals surface area contributed by atoms with Gasteiger partial charge in [0.1, 0.15) is 0 Å². The average molecular weight is 352 g/mol. The van der Waals surface area contributed by atoms with E-state index < -0.39 is 27.2 Å². The third kappa shape index (κ3) is 4.24. The van der Waals surface area contributed by atoms with Gasteiger partial charge in [0, 0.05) is 0 Å². The van der Waals surface area contributed by atoms with Crippen molar-refractivity contribution in [2.45, 2.75) is 24.6 Å². The first-order valence-corrected chi connectivity index (χ1v) is 8.08. The molecule has 9 heteroatoms. The summed E-state index contributed by atoms with van der Waals surface area (Å²) in [4.78, 5) is 0. The van der Waals surface area contributed by atoms with Gasteiger partial charge in [-0.3, -0.25) is 0 Å². The number of halogens is 3. The van der Waals surface area contributed by atoms with Gasteiger partial charge >= 0.3 is 15.6 Å². The highest BCUT2D eigenvalue weighted by atomic mass is 32.2. The maximum Gasteiger partial charge on any atom is 0.534 e. The Labute approximate surface area is 131 Å². The van der Waals surface area contributed by atoms with Crippen molar-refractivity contribution >= 4 is 10.1 Å². The van der Waals surface area contributed by atoms with E-state index in [1.54, 1.807) is 30.3 Å². The number of hydrogen-bond donors (Lipinski definition) is 0. The minimum atomic E-state index is -5.81. The highest BCUT2D eigenvalue weighted by molar-refractivity contribution is 7.87. The quantitative estimate of drug-likeness (QED) is 0.463. The minimum Gasteiger partial charge on any atom is -0.375 e. The molecule has 0 bridgehead atoms. The van der Waals surface area contributed by atoms with Crippen molar-refractivity contribution in [3.05, 3.63) is 47.7 Å². The Morgan fingerprint density at radius 1 is 1.26 bits per heavy atom. The molecule has 23 heavy (non-hydrogen) atoms. The molecule has 1 aliphatic rings. The van der Waals surface area contributed by atoms with Crippen LogP contribution in [0, 0.1) is 0 Å². The largest absolute Gasteiger partial charge is 0.534 e. The second-order valence-electron chi connectivity index (χ2n) is 4.88. The SMILES string of the molecule is CC1(/C(=C/Cc2ccccc2)OS(=O)(=O)C(F)(F)F)OCCO1. The Hall–Kier alpha value is -1.58. The van der Waals surface area contributed by atoms with Crippen LogP contribution in [0.4, 0.5) is 13.2 Å². The molecule has 0 spiro atoms. The van der Waals surface area contributed by atoms with Crippen LogP contribution < -0.4 is 0 Å². The number of hydrogen-bond acceptors (Lipinski definition) is 5. The van der Waals surface area contributed by atoms with E-state index in [-0.39, 0.29) is 19.6 Å². The van der Waals surface area contributed by atoms with Crippen LogP contribution in [0.5, 0.6) is 0 Å². The molecule has 0 saturated carbocycles. The molecule has 0 amide bonds. The van der Waals surface area contributed by atoms with Crippen LogP contribution in [0.2, 0.25) is 0 Å². The molecule has 0 aliphatic carbocycles. The molecule has 0 atom stereocenters. The summed E-state index contributed by atoms with van der Waals surface area (Å²) in [6.07, 6.45) is 1.37. The van der Waals surface area contributed by atoms with Crippen molar-refractivity contribution < 1.29 is 35.2 Å². The molecule has 1 fully saturated rings. The molecular weight excluding hydrogens is 337 g/mol. The van der Waals surface area contributed by atoms with Gasteiger partial charge in [0.15, 0.2) is 5.76 Å². The fourth-order valence-electron chi connectivity index (χ4n) is 1.94. The summed E-state index contributed by atoms with van der Waals surface area (Å²) in [6, 6.07) is 8.76. The maximum absolute atomic E-state index is 12.5. The summed E-state index contributed by atoms with van der Waals surface area (Å²) < 4.78 is 74.9. The van der Waals surface area contributed by atoms with Crippen LogP contribution in [0.25, 0.3) is 0 Å². The third-order valence-electron chi connectivity index (χ3n) is 3.13. The molecule has 5 nitrogen and oxygen atoms in total. The van der Waals surface area contributed by atoms with Gasteiger partial charge in [0.25, 0.3) is 0 Å². The molecule has 0 unspecified atom stereocenters. The van der Waals surface area contributed by atoms with Crippen molar-refractivity contribution in [2.75, 3.05) is 13.2 Å². The Bertz CT molecular complexity index is 661. The zero-order chi connectivity index (χ0) is 17.1. The molecule has 1 saturated heterocycles. The second kappa shape index (κ2) is 6.50. The Balaban J connectivity index is 2.29. The summed E-state index contributed by atoms with van der Waals surface area (Å²) in [7, 11) is -5.81. The maximum atomic E-state index is 12.5. The van der Waals surface area contributed by atoms with E-state index in [9.17, 15) is 21.6 Å². The Morgan fingerprint density at radius 3 is 2.35 bits per heavy atom. The van der Waals surface area contributed by atoms with Crippen molar-refractivity contribution in [1.29, 1.82) is 0 Å². The number of benzene rings is 1. The number of alkyl halides is 3. The lowest BCUT2D eigenvalue weighted by atomic mass is 10.1. The average Bonchev–Trinajstić information content (AvgIpc) is 2.91. The van der Waals surface area contributed by atoms with Gasteiger partial charge in [-0.15, -0.1) is 0 Å². The number of rotatable bonds is 5. The van der Waals surface area contributed by atoms with Crippen LogP contribution >= 0.6 is 0 Å². The van der Waals surface area contributed by atoms with Crippen molar-refractivity contribution in [1.82, 2.24) is 0 Å². The summed E-state index contributed by atoms with van der Waals surface area (Å²) in [5, 5.41) is 0. The second-order valence-corrected chi connectivity index (χ2v) is 6.42. The highest BCUT2D eigenvalue weighted by Crippen LogP contribution is 2.34. The smallest absolute Gasteiger partial charge is 0.375 e. The van der Waals surface area contributed by atoms with Crippen molar-refractivity contribution in [2.24, 2.45) is 0 Å². The van der Waals surface area contributed by atoms with Crippen LogP contribution in [0.3, 0.4) is 0 Å². The summed E-state index contributed by atoms with van der Waals surface area (Å²) in [5.74, 6) is -2.22. The molecule has 1 aromatic carbocycles. The lowest BCUT2D eigenvalue weighted by Gasteiger charge is -2.25. The molecule has 0 radical (unpaired) electrons. The minimum absolute atomic E-state index is 0.120. The standard InChI is InChI=1S/C14H15F3O5S/c1-13(20-9-10-21-13)12(22-23(18,19)14(15,16)17)8-7-11-5-3-2-4-6-11/h2-6,8H,7,9-10H2,1H3/b12-8-. The molecule has 2 rings (SSSR count). The van der Waals surface area contributed by atoms with E-state index in [0.717, 1.165) is 5.56 Å². The Kier molecular flexibility index (Phi) is 5.02. The Morgan fingerprint density at radius 2 is 1.83 bits per heavy atom. The molecule has 1 aliphatic heterocycles. The van der Waals surface area contributed by atoms with E-state index in [2.05, 4.69) is 4.18 Å². The van der Waals surface area contributed by atoms with Gasteiger partial charge in [-0.2, -0.15) is 21.6 Å². The van der Waals surface area contributed by atoms with E-state index in [1.807, 2.05) is 0 Å². The van der Waals surface area contributed by atoms with Gasteiger partial charge in [-0.25, -0.2) is 0 Å². The van der Waals surface area contributed by atoms with Gasteiger partial charge in [0.2, 0.25) is 5.79 Å². The topological polar surface area (TPSA) is 61.8 Å². The van der Waals surface area contributed by atoms with E-state index in [1.165, 1.54) is 13.0 Å². The first-order valence-electron chi connectivity index (χ1n) is 6.67. The normalized spacial score (nSPS) is 18.9. The first-order chi connectivity index (χ1) is 10.6. The lowest BCUT2D eigenvalue weighted by Crippen LogP contribution is -2.35. The predicted octanol–water partition coefficient (Wildman–Crippen LogP) is 2.74. The van der Waals surface area contributed by atoms with Crippen molar-refractivity contribution in [3.63, 3.8) is 0 Å². The molecular formula is C14H15F3O5S. The summed E-state index contributed by atoms with van der Waals surface area (Å²) >= 11 is 0. The fraction of sp³-hybridized carbons (Fsp3) is 0.429. The number of ether oxygens (including phenoxy) is 2. The molecule has 128 valence electrons. The van der Waals surface area contributed by atoms with Crippen LogP contribution in [0.1, 0.15) is 12.5 Å². The lowest BCUT2D eigenvalue weighted by molar-refractivity contribution is -0.132. The predicted molar refractivity (Wildman–Crippen MR) is 74.6 cm³/mol. The molecule has 1 aromatic rings. The van der Waals surface area contributed by atoms with Gasteiger partial charge in [-0.05, 0) is 25.0 Å². The van der Waals surface area contributed by atoms with Crippen LogP contribution in [0.15, 0.2) is 42.2 Å². The monoisotopic (exact) mass is 352 g/mol. The summed E-state index contributed by atoms with van der Waals surface area (Å²) in [5.41, 5.74) is -4.77. The summed E-state index contributed by atoms with van der Waals surface area (Å²) in [6.45, 7) is 1.55. The molecule has 0 N–H and O–H groups in total.